The largest absolute Gasteiger partial charge is 0.450 e. The van der Waals surface area contributed by atoms with Crippen molar-refractivity contribution in [3.05, 3.63) is 33.9 Å². The predicted molar refractivity (Wildman–Crippen MR) is 104 cm³/mol. The molecule has 0 aliphatic rings. The molecular formula is C18H23Cl2N3O3. The molecule has 2 rings (SSSR count). The zero-order valence-electron chi connectivity index (χ0n) is 15.0. The van der Waals surface area contributed by atoms with Crippen molar-refractivity contribution in [2.24, 2.45) is 5.92 Å². The van der Waals surface area contributed by atoms with Gasteiger partial charge in [-0.3, -0.25) is 4.79 Å². The van der Waals surface area contributed by atoms with Crippen LogP contribution in [0.5, 0.6) is 0 Å². The summed E-state index contributed by atoms with van der Waals surface area (Å²) in [5.41, 5.74) is 0.997. The number of aromatic nitrogens is 1. The second-order valence-corrected chi connectivity index (χ2v) is 7.22. The Labute approximate surface area is 162 Å². The smallest absolute Gasteiger partial charge is 0.407 e. The van der Waals surface area contributed by atoms with Gasteiger partial charge < -0.3 is 20.4 Å². The molecular weight excluding hydrogens is 377 g/mol. The highest BCUT2D eigenvalue weighted by molar-refractivity contribution is 6.39. The number of carbonyl (C=O) groups excluding carboxylic acids is 2. The van der Waals surface area contributed by atoms with Crippen LogP contribution in [0.15, 0.2) is 18.2 Å². The normalized spacial score (nSPS) is 12.2. The molecule has 1 unspecified atom stereocenters. The summed E-state index contributed by atoms with van der Waals surface area (Å²) in [4.78, 5) is 27.2. The Morgan fingerprint density at radius 1 is 1.27 bits per heavy atom. The van der Waals surface area contributed by atoms with Crippen LogP contribution in [-0.2, 0) is 4.74 Å². The van der Waals surface area contributed by atoms with E-state index in [9.17, 15) is 9.59 Å². The van der Waals surface area contributed by atoms with Gasteiger partial charge in [-0.2, -0.15) is 0 Å². The summed E-state index contributed by atoms with van der Waals surface area (Å²) >= 11 is 12.3. The number of alkyl carbamates (subject to hydrolysis) is 1. The molecule has 0 saturated heterocycles. The van der Waals surface area contributed by atoms with Crippen molar-refractivity contribution in [3.8, 4) is 0 Å². The molecule has 0 saturated carbocycles. The molecule has 2 aromatic rings. The maximum atomic E-state index is 12.5. The van der Waals surface area contributed by atoms with Crippen molar-refractivity contribution in [2.75, 3.05) is 13.2 Å². The number of rotatable bonds is 7. The molecule has 1 atom stereocenters. The molecule has 0 bridgehead atoms. The Bertz CT molecular complexity index is 789. The Kier molecular flexibility index (Phi) is 7.17. The van der Waals surface area contributed by atoms with Crippen LogP contribution in [0.2, 0.25) is 10.0 Å². The third-order valence-electron chi connectivity index (χ3n) is 3.79. The van der Waals surface area contributed by atoms with Crippen LogP contribution in [0.4, 0.5) is 4.79 Å². The highest BCUT2D eigenvalue weighted by atomic mass is 35.5. The Hall–Kier alpha value is -1.92. The van der Waals surface area contributed by atoms with Gasteiger partial charge in [-0.15, -0.1) is 0 Å². The molecule has 0 spiro atoms. The molecule has 6 nitrogen and oxygen atoms in total. The first-order valence-electron chi connectivity index (χ1n) is 8.50. The van der Waals surface area contributed by atoms with Gasteiger partial charge in [-0.05, 0) is 37.5 Å². The fraction of sp³-hybridized carbons (Fsp3) is 0.444. The number of nitrogens with one attached hydrogen (secondary N) is 3. The fourth-order valence-electron chi connectivity index (χ4n) is 2.69. The number of hydrogen-bond acceptors (Lipinski definition) is 3. The Morgan fingerprint density at radius 3 is 2.65 bits per heavy atom. The van der Waals surface area contributed by atoms with Crippen molar-refractivity contribution in [1.29, 1.82) is 0 Å². The molecule has 1 aromatic heterocycles. The van der Waals surface area contributed by atoms with Gasteiger partial charge in [0.25, 0.3) is 5.91 Å². The van der Waals surface area contributed by atoms with Crippen molar-refractivity contribution < 1.29 is 14.3 Å². The minimum atomic E-state index is -0.495. The lowest BCUT2D eigenvalue weighted by Crippen LogP contribution is -2.44. The Morgan fingerprint density at radius 2 is 2.00 bits per heavy atom. The Balaban J connectivity index is 2.07. The van der Waals surface area contributed by atoms with E-state index in [0.29, 0.717) is 34.4 Å². The van der Waals surface area contributed by atoms with Gasteiger partial charge in [0, 0.05) is 28.5 Å². The number of aromatic amines is 1. The van der Waals surface area contributed by atoms with Gasteiger partial charge in [0.05, 0.1) is 11.6 Å². The first-order chi connectivity index (χ1) is 12.3. The van der Waals surface area contributed by atoms with Gasteiger partial charge in [0.1, 0.15) is 5.69 Å². The number of benzene rings is 1. The van der Waals surface area contributed by atoms with E-state index in [-0.39, 0.29) is 24.2 Å². The van der Waals surface area contributed by atoms with E-state index in [0.717, 1.165) is 5.52 Å². The minimum absolute atomic E-state index is 0.240. The average Bonchev–Trinajstić information content (AvgIpc) is 2.89. The summed E-state index contributed by atoms with van der Waals surface area (Å²) in [5, 5.41) is 7.13. The zero-order chi connectivity index (χ0) is 19.3. The molecule has 26 heavy (non-hydrogen) atoms. The van der Waals surface area contributed by atoms with Gasteiger partial charge in [-0.1, -0.05) is 37.0 Å². The lowest BCUT2D eigenvalue weighted by atomic mass is 10.0. The van der Waals surface area contributed by atoms with Gasteiger partial charge in [0.2, 0.25) is 0 Å². The summed E-state index contributed by atoms with van der Waals surface area (Å²) in [5.74, 6) is -0.000582. The van der Waals surface area contributed by atoms with E-state index in [2.05, 4.69) is 15.6 Å². The molecule has 0 aliphatic heterocycles. The molecule has 1 aromatic carbocycles. The summed E-state index contributed by atoms with van der Waals surface area (Å²) in [6.45, 7) is 6.38. The lowest BCUT2D eigenvalue weighted by Gasteiger charge is -2.20. The van der Waals surface area contributed by atoms with Crippen molar-refractivity contribution in [3.63, 3.8) is 0 Å². The summed E-state index contributed by atoms with van der Waals surface area (Å²) in [7, 11) is 0. The number of fused-ring (bicyclic) bond motifs is 1. The number of H-pyrrole nitrogens is 1. The maximum absolute atomic E-state index is 12.5. The van der Waals surface area contributed by atoms with Crippen molar-refractivity contribution in [2.45, 2.75) is 33.2 Å². The number of carbonyl (C=O) groups is 2. The molecule has 2 amide bonds. The SMILES string of the molecule is CCOC(=O)NC(CNC(=O)c1[nH]c2ccc(Cl)cc2c1Cl)CC(C)C. The van der Waals surface area contributed by atoms with Crippen LogP contribution in [0.3, 0.4) is 0 Å². The van der Waals surface area contributed by atoms with Gasteiger partial charge in [0.15, 0.2) is 0 Å². The van der Waals surface area contributed by atoms with Crippen LogP contribution < -0.4 is 10.6 Å². The van der Waals surface area contributed by atoms with E-state index < -0.39 is 6.09 Å². The number of hydrogen-bond donors (Lipinski definition) is 3. The lowest BCUT2D eigenvalue weighted by molar-refractivity contribution is 0.0940. The fourth-order valence-corrected chi connectivity index (χ4v) is 3.16. The quantitative estimate of drug-likeness (QED) is 0.646. The number of ether oxygens (including phenoxy) is 1. The first kappa shape index (κ1) is 20.4. The second kappa shape index (κ2) is 9.14. The topological polar surface area (TPSA) is 83.2 Å². The number of amides is 2. The molecule has 0 aliphatic carbocycles. The molecule has 1 heterocycles. The van der Waals surface area contributed by atoms with Crippen LogP contribution in [0.1, 0.15) is 37.7 Å². The average molecular weight is 400 g/mol. The third kappa shape index (κ3) is 5.29. The van der Waals surface area contributed by atoms with Crippen LogP contribution in [0.25, 0.3) is 10.9 Å². The number of halogens is 2. The monoisotopic (exact) mass is 399 g/mol. The van der Waals surface area contributed by atoms with E-state index in [1.54, 1.807) is 25.1 Å². The van der Waals surface area contributed by atoms with E-state index in [4.69, 9.17) is 27.9 Å². The standard InChI is InChI=1S/C18H23Cl2N3O3/c1-4-26-18(25)22-12(7-10(2)3)9-21-17(24)16-15(20)13-8-11(19)5-6-14(13)23-16/h5-6,8,10,12,23H,4,7,9H2,1-3H3,(H,21,24)(H,22,25). The molecule has 0 radical (unpaired) electrons. The first-order valence-corrected chi connectivity index (χ1v) is 9.25. The van der Waals surface area contributed by atoms with E-state index in [1.165, 1.54) is 0 Å². The minimum Gasteiger partial charge on any atom is -0.450 e. The molecule has 142 valence electrons. The van der Waals surface area contributed by atoms with E-state index in [1.807, 2.05) is 13.8 Å². The molecule has 3 N–H and O–H groups in total. The summed E-state index contributed by atoms with van der Waals surface area (Å²) in [6.07, 6.45) is 0.209. The van der Waals surface area contributed by atoms with Gasteiger partial charge in [-0.25, -0.2) is 4.79 Å². The maximum Gasteiger partial charge on any atom is 0.407 e. The van der Waals surface area contributed by atoms with Crippen molar-refractivity contribution >= 4 is 46.1 Å². The van der Waals surface area contributed by atoms with Crippen LogP contribution in [-0.4, -0.2) is 36.2 Å². The van der Waals surface area contributed by atoms with Gasteiger partial charge >= 0.3 is 6.09 Å². The molecule has 0 fully saturated rings. The highest BCUT2D eigenvalue weighted by Gasteiger charge is 2.20. The van der Waals surface area contributed by atoms with E-state index >= 15 is 0 Å². The third-order valence-corrected chi connectivity index (χ3v) is 4.41. The van der Waals surface area contributed by atoms with Crippen LogP contribution in [0, 0.1) is 5.92 Å². The summed E-state index contributed by atoms with van der Waals surface area (Å²) < 4.78 is 4.91. The highest BCUT2D eigenvalue weighted by Crippen LogP contribution is 2.29. The summed E-state index contributed by atoms with van der Waals surface area (Å²) in [6, 6.07) is 4.96. The second-order valence-electron chi connectivity index (χ2n) is 6.41. The van der Waals surface area contributed by atoms with Crippen molar-refractivity contribution in [1.82, 2.24) is 15.6 Å². The predicted octanol–water partition coefficient (Wildman–Crippen LogP) is 4.37. The zero-order valence-corrected chi connectivity index (χ0v) is 16.5. The van der Waals surface area contributed by atoms with Crippen LogP contribution >= 0.6 is 23.2 Å². The molecule has 8 heteroatoms.